The first kappa shape index (κ1) is 16.5. The van der Waals surface area contributed by atoms with Gasteiger partial charge in [-0.1, -0.05) is 30.3 Å². The zero-order chi connectivity index (χ0) is 17.2. The van der Waals surface area contributed by atoms with Gasteiger partial charge in [-0.15, -0.1) is 0 Å². The number of benzene rings is 2. The SMILES string of the molecule is CC(C)(N)C(=O)N1CCC(c2cccc(Oc3ccccc3)c2)C1. The number of amides is 1. The molecule has 1 aliphatic heterocycles. The lowest BCUT2D eigenvalue weighted by molar-refractivity contribution is -0.134. The van der Waals surface area contributed by atoms with Crippen molar-refractivity contribution >= 4 is 5.91 Å². The fraction of sp³-hybridized carbons (Fsp3) is 0.350. The minimum atomic E-state index is -0.812. The second kappa shape index (κ2) is 6.65. The summed E-state index contributed by atoms with van der Waals surface area (Å²) >= 11 is 0. The maximum absolute atomic E-state index is 12.3. The van der Waals surface area contributed by atoms with Crippen LogP contribution in [0.3, 0.4) is 0 Å². The van der Waals surface area contributed by atoms with Crippen LogP contribution in [0.1, 0.15) is 31.7 Å². The maximum atomic E-state index is 12.3. The Kier molecular flexibility index (Phi) is 4.58. The summed E-state index contributed by atoms with van der Waals surface area (Å²) in [6.07, 6.45) is 0.955. The monoisotopic (exact) mass is 324 g/mol. The van der Waals surface area contributed by atoms with E-state index >= 15 is 0 Å². The number of para-hydroxylation sites is 1. The van der Waals surface area contributed by atoms with E-state index in [0.717, 1.165) is 24.5 Å². The van der Waals surface area contributed by atoms with Crippen molar-refractivity contribution in [1.82, 2.24) is 4.90 Å². The van der Waals surface area contributed by atoms with Crippen LogP contribution in [0.4, 0.5) is 0 Å². The second-order valence-corrected chi connectivity index (χ2v) is 6.95. The number of hydrogen-bond donors (Lipinski definition) is 1. The third kappa shape index (κ3) is 3.77. The number of nitrogens with two attached hydrogens (primary N) is 1. The molecular weight excluding hydrogens is 300 g/mol. The van der Waals surface area contributed by atoms with E-state index in [1.807, 2.05) is 47.4 Å². The van der Waals surface area contributed by atoms with Crippen molar-refractivity contribution in [3.63, 3.8) is 0 Å². The van der Waals surface area contributed by atoms with Gasteiger partial charge in [-0.05, 0) is 50.1 Å². The topological polar surface area (TPSA) is 55.6 Å². The van der Waals surface area contributed by atoms with Crippen LogP contribution in [-0.4, -0.2) is 29.4 Å². The zero-order valence-corrected chi connectivity index (χ0v) is 14.2. The second-order valence-electron chi connectivity index (χ2n) is 6.95. The predicted molar refractivity (Wildman–Crippen MR) is 95.2 cm³/mol. The summed E-state index contributed by atoms with van der Waals surface area (Å²) in [7, 11) is 0. The lowest BCUT2D eigenvalue weighted by Crippen LogP contribution is -2.50. The molecule has 2 N–H and O–H groups in total. The van der Waals surface area contributed by atoms with Crippen LogP contribution < -0.4 is 10.5 Å². The predicted octanol–water partition coefficient (Wildman–Crippen LogP) is 3.53. The summed E-state index contributed by atoms with van der Waals surface area (Å²) < 4.78 is 5.91. The van der Waals surface area contributed by atoms with E-state index in [1.54, 1.807) is 13.8 Å². The number of hydrogen-bond acceptors (Lipinski definition) is 3. The highest BCUT2D eigenvalue weighted by atomic mass is 16.5. The minimum absolute atomic E-state index is 0.0155. The van der Waals surface area contributed by atoms with Gasteiger partial charge in [0.15, 0.2) is 0 Å². The number of nitrogens with zero attached hydrogens (tertiary/aromatic N) is 1. The minimum Gasteiger partial charge on any atom is -0.457 e. The number of ether oxygens (including phenoxy) is 1. The van der Waals surface area contributed by atoms with Crippen molar-refractivity contribution in [2.75, 3.05) is 13.1 Å². The first-order chi connectivity index (χ1) is 11.4. The Balaban J connectivity index is 1.70. The molecule has 3 rings (SSSR count). The van der Waals surface area contributed by atoms with Crippen LogP contribution >= 0.6 is 0 Å². The lowest BCUT2D eigenvalue weighted by Gasteiger charge is -2.25. The summed E-state index contributed by atoms with van der Waals surface area (Å²) in [5.74, 6) is 1.99. The van der Waals surface area contributed by atoms with Crippen molar-refractivity contribution in [3.05, 3.63) is 60.2 Å². The molecule has 24 heavy (non-hydrogen) atoms. The molecule has 1 unspecified atom stereocenters. The Morgan fingerprint density at radius 1 is 1.12 bits per heavy atom. The molecular formula is C20H24N2O2. The van der Waals surface area contributed by atoms with Gasteiger partial charge in [0.1, 0.15) is 11.5 Å². The van der Waals surface area contributed by atoms with Crippen LogP contribution in [0.25, 0.3) is 0 Å². The summed E-state index contributed by atoms with van der Waals surface area (Å²) in [5, 5.41) is 0. The Morgan fingerprint density at radius 3 is 2.54 bits per heavy atom. The number of carbonyl (C=O) groups excluding carboxylic acids is 1. The van der Waals surface area contributed by atoms with Crippen LogP contribution in [0.2, 0.25) is 0 Å². The molecule has 4 heteroatoms. The summed E-state index contributed by atoms with van der Waals surface area (Å²) in [5.41, 5.74) is 6.33. The fourth-order valence-electron chi connectivity index (χ4n) is 3.08. The third-order valence-electron chi connectivity index (χ3n) is 4.34. The normalized spacial score (nSPS) is 17.8. The molecule has 2 aromatic rings. The van der Waals surface area contributed by atoms with Crippen LogP contribution in [0.5, 0.6) is 11.5 Å². The highest BCUT2D eigenvalue weighted by Gasteiger charge is 2.33. The summed E-state index contributed by atoms with van der Waals surface area (Å²) in [4.78, 5) is 14.2. The largest absolute Gasteiger partial charge is 0.457 e. The molecule has 0 spiro atoms. The average Bonchev–Trinajstić information content (AvgIpc) is 3.04. The summed E-state index contributed by atoms with van der Waals surface area (Å²) in [6.45, 7) is 5.00. The highest BCUT2D eigenvalue weighted by molar-refractivity contribution is 5.85. The Morgan fingerprint density at radius 2 is 1.83 bits per heavy atom. The van der Waals surface area contributed by atoms with E-state index in [2.05, 4.69) is 12.1 Å². The van der Waals surface area contributed by atoms with Crippen molar-refractivity contribution in [2.24, 2.45) is 5.73 Å². The molecule has 0 aromatic heterocycles. The smallest absolute Gasteiger partial charge is 0.242 e. The maximum Gasteiger partial charge on any atom is 0.242 e. The van der Waals surface area contributed by atoms with E-state index < -0.39 is 5.54 Å². The molecule has 0 saturated carbocycles. The first-order valence-electron chi connectivity index (χ1n) is 8.34. The molecule has 0 aliphatic carbocycles. The quantitative estimate of drug-likeness (QED) is 0.936. The molecule has 1 fully saturated rings. The van der Waals surface area contributed by atoms with E-state index in [4.69, 9.17) is 10.5 Å². The Bertz CT molecular complexity index is 707. The van der Waals surface area contributed by atoms with Crippen molar-refractivity contribution in [2.45, 2.75) is 31.7 Å². The van der Waals surface area contributed by atoms with Gasteiger partial charge in [0.05, 0.1) is 5.54 Å². The molecule has 1 atom stereocenters. The number of likely N-dealkylation sites (tertiary alicyclic amines) is 1. The fourth-order valence-corrected chi connectivity index (χ4v) is 3.08. The molecule has 0 bridgehead atoms. The van der Waals surface area contributed by atoms with Gasteiger partial charge in [0.25, 0.3) is 0 Å². The highest BCUT2D eigenvalue weighted by Crippen LogP contribution is 2.31. The van der Waals surface area contributed by atoms with E-state index in [-0.39, 0.29) is 5.91 Å². The Labute approximate surface area is 143 Å². The first-order valence-corrected chi connectivity index (χ1v) is 8.34. The van der Waals surface area contributed by atoms with Gasteiger partial charge >= 0.3 is 0 Å². The van der Waals surface area contributed by atoms with Crippen molar-refractivity contribution in [1.29, 1.82) is 0 Å². The van der Waals surface area contributed by atoms with Gasteiger partial charge < -0.3 is 15.4 Å². The average molecular weight is 324 g/mol. The molecule has 2 aromatic carbocycles. The molecule has 1 heterocycles. The number of carbonyl (C=O) groups is 1. The molecule has 4 nitrogen and oxygen atoms in total. The van der Waals surface area contributed by atoms with Crippen molar-refractivity contribution in [3.8, 4) is 11.5 Å². The van der Waals surface area contributed by atoms with Gasteiger partial charge in [0.2, 0.25) is 5.91 Å². The van der Waals surface area contributed by atoms with Gasteiger partial charge in [-0.2, -0.15) is 0 Å². The molecule has 0 radical (unpaired) electrons. The molecule has 126 valence electrons. The third-order valence-corrected chi connectivity index (χ3v) is 4.34. The van der Waals surface area contributed by atoms with Gasteiger partial charge in [0, 0.05) is 19.0 Å². The van der Waals surface area contributed by atoms with Gasteiger partial charge in [-0.3, -0.25) is 4.79 Å². The van der Waals surface area contributed by atoms with Crippen LogP contribution in [0.15, 0.2) is 54.6 Å². The zero-order valence-electron chi connectivity index (χ0n) is 14.2. The summed E-state index contributed by atoms with van der Waals surface area (Å²) in [6, 6.07) is 17.9. The van der Waals surface area contributed by atoms with E-state index in [1.165, 1.54) is 5.56 Å². The molecule has 1 saturated heterocycles. The number of rotatable bonds is 4. The van der Waals surface area contributed by atoms with Gasteiger partial charge in [-0.25, -0.2) is 0 Å². The van der Waals surface area contributed by atoms with Crippen LogP contribution in [-0.2, 0) is 4.79 Å². The van der Waals surface area contributed by atoms with E-state index in [9.17, 15) is 4.79 Å². The Hall–Kier alpha value is -2.33. The molecule has 1 amide bonds. The van der Waals surface area contributed by atoms with E-state index in [0.29, 0.717) is 12.5 Å². The van der Waals surface area contributed by atoms with Crippen molar-refractivity contribution < 1.29 is 9.53 Å². The lowest BCUT2D eigenvalue weighted by atomic mass is 9.98. The molecule has 1 aliphatic rings. The standard InChI is InChI=1S/C20H24N2O2/c1-20(2,21)19(23)22-12-11-16(14-22)15-7-6-10-18(13-15)24-17-8-4-3-5-9-17/h3-10,13,16H,11-12,14,21H2,1-2H3. The van der Waals surface area contributed by atoms with Crippen LogP contribution in [0, 0.1) is 0 Å².